The average molecular weight is 374 g/mol. The minimum absolute atomic E-state index is 0.259. The molecule has 4 aliphatic rings. The first kappa shape index (κ1) is 17.5. The summed E-state index contributed by atoms with van der Waals surface area (Å²) >= 11 is 0. The Labute approximate surface area is 160 Å². The molecule has 1 unspecified atom stereocenters. The Bertz CT molecular complexity index is 718. The highest BCUT2D eigenvalue weighted by molar-refractivity contribution is 5.77. The highest BCUT2D eigenvalue weighted by Crippen LogP contribution is 2.60. The molecule has 2 N–H and O–H groups in total. The Balaban J connectivity index is 1.24. The van der Waals surface area contributed by atoms with Crippen LogP contribution in [0, 0.1) is 5.41 Å². The number of unbranched alkanes of at least 4 members (excludes halogenated alkanes) is 2. The molecule has 0 aromatic carbocycles. The van der Waals surface area contributed by atoms with E-state index < -0.39 is 5.60 Å². The third-order valence-corrected chi connectivity index (χ3v) is 7.36. The maximum atomic E-state index is 12.7. The Morgan fingerprint density at radius 2 is 2.07 bits per heavy atom. The van der Waals surface area contributed by atoms with Crippen molar-refractivity contribution in [2.75, 3.05) is 19.6 Å². The van der Waals surface area contributed by atoms with E-state index in [1.807, 2.05) is 4.90 Å². The van der Waals surface area contributed by atoms with Crippen molar-refractivity contribution in [2.45, 2.75) is 82.3 Å². The van der Waals surface area contributed by atoms with Crippen molar-refractivity contribution >= 4 is 6.03 Å². The van der Waals surface area contributed by atoms with Crippen LogP contribution >= 0.6 is 0 Å². The fourth-order valence-corrected chi connectivity index (χ4v) is 5.24. The number of aromatic nitrogens is 3. The van der Waals surface area contributed by atoms with Crippen molar-refractivity contribution in [1.82, 2.24) is 25.0 Å². The molecule has 1 aromatic rings. The quantitative estimate of drug-likeness (QED) is 0.751. The van der Waals surface area contributed by atoms with Crippen molar-refractivity contribution in [3.63, 3.8) is 0 Å². The number of carbonyl (C=O) groups is 1. The lowest BCUT2D eigenvalue weighted by molar-refractivity contribution is -0.121. The fourth-order valence-electron chi connectivity index (χ4n) is 5.24. The average Bonchev–Trinajstić information content (AvgIpc) is 3.10. The minimum Gasteiger partial charge on any atom is -0.382 e. The van der Waals surface area contributed by atoms with Gasteiger partial charge < -0.3 is 14.9 Å². The summed E-state index contributed by atoms with van der Waals surface area (Å²) in [6.07, 6.45) is 9.64. The summed E-state index contributed by atoms with van der Waals surface area (Å²) in [6, 6.07) is 0.651. The first-order chi connectivity index (χ1) is 13.0. The van der Waals surface area contributed by atoms with Crippen LogP contribution < -0.4 is 0 Å². The number of aliphatic hydroxyl groups is 1. The first-order valence-electron chi connectivity index (χ1n) is 10.8. The van der Waals surface area contributed by atoms with Gasteiger partial charge in [0.05, 0.1) is 0 Å². The van der Waals surface area contributed by atoms with Gasteiger partial charge in [-0.05, 0) is 38.5 Å². The topological polar surface area (TPSA) is 85.3 Å². The second kappa shape index (κ2) is 6.19. The molecule has 4 fully saturated rings. The number of nitrogens with zero attached hydrogens (tertiary/aromatic N) is 4. The summed E-state index contributed by atoms with van der Waals surface area (Å²) in [7, 11) is 0. The lowest BCUT2D eigenvalue weighted by Gasteiger charge is -2.65. The number of rotatable bonds is 6. The molecule has 1 atom stereocenters. The highest BCUT2D eigenvalue weighted by atomic mass is 16.3. The number of hydrogen-bond acceptors (Lipinski definition) is 4. The first-order valence-corrected chi connectivity index (χ1v) is 10.8. The number of hydrogen-bond donors (Lipinski definition) is 2. The maximum Gasteiger partial charge on any atom is 0.320 e. The van der Waals surface area contributed by atoms with Gasteiger partial charge in [-0.1, -0.05) is 26.2 Å². The van der Waals surface area contributed by atoms with Crippen LogP contribution in [0.25, 0.3) is 0 Å². The van der Waals surface area contributed by atoms with Crippen LogP contribution in [-0.4, -0.2) is 61.8 Å². The van der Waals surface area contributed by atoms with Crippen LogP contribution in [0.2, 0.25) is 0 Å². The van der Waals surface area contributed by atoms with Gasteiger partial charge in [-0.25, -0.2) is 9.78 Å². The normalized spacial score (nSPS) is 33.4. The summed E-state index contributed by atoms with van der Waals surface area (Å²) in [5.41, 5.74) is -0.488. The summed E-state index contributed by atoms with van der Waals surface area (Å²) in [6.45, 7) is 4.99. The zero-order valence-corrected chi connectivity index (χ0v) is 16.3. The monoisotopic (exact) mass is 373 g/mol. The third kappa shape index (κ3) is 2.77. The molecule has 2 saturated heterocycles. The molecule has 27 heavy (non-hydrogen) atoms. The van der Waals surface area contributed by atoms with Gasteiger partial charge in [0, 0.05) is 37.0 Å². The van der Waals surface area contributed by atoms with Gasteiger partial charge in [0.25, 0.3) is 0 Å². The second-order valence-electron chi connectivity index (χ2n) is 9.31. The van der Waals surface area contributed by atoms with E-state index in [0.29, 0.717) is 17.8 Å². The van der Waals surface area contributed by atoms with Crippen LogP contribution in [0.5, 0.6) is 0 Å². The van der Waals surface area contributed by atoms with E-state index >= 15 is 0 Å². The van der Waals surface area contributed by atoms with Gasteiger partial charge in [-0.3, -0.25) is 5.10 Å². The molecular weight excluding hydrogens is 342 g/mol. The predicted octanol–water partition coefficient (Wildman–Crippen LogP) is 2.74. The number of urea groups is 1. The molecule has 1 aromatic heterocycles. The Kier molecular flexibility index (Phi) is 4.00. The van der Waals surface area contributed by atoms with Crippen LogP contribution in [-0.2, 0) is 5.60 Å². The minimum atomic E-state index is -0.768. The van der Waals surface area contributed by atoms with Gasteiger partial charge in [0.1, 0.15) is 11.4 Å². The van der Waals surface area contributed by atoms with Gasteiger partial charge in [-0.15, -0.1) is 0 Å². The Morgan fingerprint density at radius 1 is 1.30 bits per heavy atom. The number of H-pyrrole nitrogens is 1. The van der Waals surface area contributed by atoms with Crippen LogP contribution in [0.3, 0.4) is 0 Å². The van der Waals surface area contributed by atoms with E-state index in [2.05, 4.69) is 27.0 Å². The summed E-state index contributed by atoms with van der Waals surface area (Å²) in [5, 5.41) is 17.5. The number of likely N-dealkylation sites (tertiary alicyclic amines) is 2. The molecule has 7 heteroatoms. The number of aromatic amines is 1. The molecule has 0 bridgehead atoms. The summed E-state index contributed by atoms with van der Waals surface area (Å²) in [5.74, 6) is 1.89. The largest absolute Gasteiger partial charge is 0.382 e. The molecule has 2 aliphatic carbocycles. The zero-order chi connectivity index (χ0) is 18.6. The van der Waals surface area contributed by atoms with E-state index in [4.69, 9.17) is 0 Å². The summed E-state index contributed by atoms with van der Waals surface area (Å²) in [4.78, 5) is 21.5. The number of nitrogens with one attached hydrogen (secondary N) is 1. The van der Waals surface area contributed by atoms with E-state index in [9.17, 15) is 9.90 Å². The standard InChI is InChI=1S/C20H31N5O2/c1-2-3-4-6-15-19(13-25(15)18(26)24-9-5-10-24)11-14(12-19)16-21-17(23-22-16)20(27)7-8-20/h14-15,27H,2-13H2,1H3,(H,21,22,23). The summed E-state index contributed by atoms with van der Waals surface area (Å²) < 4.78 is 0. The Hall–Kier alpha value is -1.63. The SMILES string of the molecule is CCCCCC1N(C(=O)N2CCC2)CC12CC(c1nc(C3(O)CC3)n[nH]1)C2. The molecule has 5 rings (SSSR count). The van der Waals surface area contributed by atoms with Gasteiger partial charge >= 0.3 is 6.03 Å². The molecule has 2 amide bonds. The smallest absolute Gasteiger partial charge is 0.320 e. The lowest BCUT2D eigenvalue weighted by Crippen LogP contribution is -2.72. The number of amides is 2. The lowest BCUT2D eigenvalue weighted by atomic mass is 9.52. The van der Waals surface area contributed by atoms with Crippen LogP contribution in [0.4, 0.5) is 4.79 Å². The zero-order valence-electron chi connectivity index (χ0n) is 16.3. The van der Waals surface area contributed by atoms with Crippen molar-refractivity contribution in [3.05, 3.63) is 11.6 Å². The Morgan fingerprint density at radius 3 is 2.70 bits per heavy atom. The maximum absolute atomic E-state index is 12.7. The molecule has 148 valence electrons. The van der Waals surface area contributed by atoms with E-state index in [1.54, 1.807) is 0 Å². The molecule has 2 saturated carbocycles. The molecule has 0 radical (unpaired) electrons. The molecule has 2 aliphatic heterocycles. The molecule has 1 spiro atoms. The number of carbonyl (C=O) groups excluding carboxylic acids is 1. The van der Waals surface area contributed by atoms with Crippen molar-refractivity contribution < 1.29 is 9.90 Å². The highest BCUT2D eigenvalue weighted by Gasteiger charge is 2.61. The van der Waals surface area contributed by atoms with E-state index in [-0.39, 0.29) is 11.4 Å². The molecule has 7 nitrogen and oxygen atoms in total. The fraction of sp³-hybridized carbons (Fsp3) is 0.850. The van der Waals surface area contributed by atoms with Gasteiger partial charge in [-0.2, -0.15) is 5.10 Å². The van der Waals surface area contributed by atoms with E-state index in [1.165, 1.54) is 19.3 Å². The van der Waals surface area contributed by atoms with Crippen molar-refractivity contribution in [2.24, 2.45) is 5.41 Å². The second-order valence-corrected chi connectivity index (χ2v) is 9.31. The van der Waals surface area contributed by atoms with Crippen LogP contribution in [0.15, 0.2) is 0 Å². The molecular formula is C20H31N5O2. The van der Waals surface area contributed by atoms with Crippen molar-refractivity contribution in [1.29, 1.82) is 0 Å². The predicted molar refractivity (Wildman–Crippen MR) is 100 cm³/mol. The molecule has 3 heterocycles. The van der Waals surface area contributed by atoms with E-state index in [0.717, 1.165) is 64.0 Å². The van der Waals surface area contributed by atoms with Gasteiger partial charge in [0.15, 0.2) is 5.82 Å². The third-order valence-electron chi connectivity index (χ3n) is 7.36. The van der Waals surface area contributed by atoms with Crippen molar-refractivity contribution in [3.8, 4) is 0 Å². The van der Waals surface area contributed by atoms with Crippen LogP contribution in [0.1, 0.15) is 82.3 Å². The van der Waals surface area contributed by atoms with Gasteiger partial charge in [0.2, 0.25) is 0 Å².